The number of alkyl halides is 3. The van der Waals surface area contributed by atoms with E-state index in [1.807, 2.05) is 0 Å². The van der Waals surface area contributed by atoms with Gasteiger partial charge in [0.15, 0.2) is 11.6 Å². The van der Waals surface area contributed by atoms with E-state index in [0.717, 1.165) is 12.3 Å². The van der Waals surface area contributed by atoms with E-state index in [1.165, 1.54) is 56.5 Å². The predicted octanol–water partition coefficient (Wildman–Crippen LogP) is 5.05. The van der Waals surface area contributed by atoms with E-state index in [2.05, 4.69) is 10.3 Å². The number of benzene rings is 2. The van der Waals surface area contributed by atoms with Gasteiger partial charge in [0.2, 0.25) is 5.91 Å². The third-order valence-electron chi connectivity index (χ3n) is 5.79. The molecular weight excluding hydrogens is 469 g/mol. The molecule has 0 bridgehead atoms. The Labute approximate surface area is 199 Å². The number of hydrogen-bond acceptors (Lipinski definition) is 4. The van der Waals surface area contributed by atoms with Gasteiger partial charge in [0.25, 0.3) is 0 Å². The number of carbonyl (C=O) groups is 1. The quantitative estimate of drug-likeness (QED) is 0.409. The number of methoxy groups -OCH3 is 1. The van der Waals surface area contributed by atoms with Crippen molar-refractivity contribution in [1.82, 2.24) is 10.3 Å². The first-order chi connectivity index (χ1) is 16.4. The topological polar surface area (TPSA) is 77.2 Å². The summed E-state index contributed by atoms with van der Waals surface area (Å²) in [7, 11) is 1.32. The van der Waals surface area contributed by atoms with E-state index < -0.39 is 41.0 Å². The fourth-order valence-corrected chi connectivity index (χ4v) is 3.70. The first-order valence-electron chi connectivity index (χ1n) is 10.6. The largest absolute Gasteiger partial charge is 0.494 e. The maximum Gasteiger partial charge on any atom is 0.433 e. The molecule has 1 amide bonds. The average Bonchev–Trinajstić information content (AvgIpc) is 2.81. The third kappa shape index (κ3) is 6.13. The summed E-state index contributed by atoms with van der Waals surface area (Å²) in [6.45, 7) is 1.52. The number of hydrogen-bond donors (Lipinski definition) is 2. The molecule has 0 aliphatic heterocycles. The summed E-state index contributed by atoms with van der Waals surface area (Å²) in [5.74, 6) is -1.85. The third-order valence-corrected chi connectivity index (χ3v) is 5.79. The fraction of sp³-hybridized carbons (Fsp3) is 0.280. The van der Waals surface area contributed by atoms with Crippen LogP contribution in [-0.4, -0.2) is 18.0 Å². The smallest absolute Gasteiger partial charge is 0.433 e. The minimum absolute atomic E-state index is 0.0237. The van der Waals surface area contributed by atoms with E-state index in [0.29, 0.717) is 16.7 Å². The fourth-order valence-electron chi connectivity index (χ4n) is 3.70. The molecule has 2 aromatic carbocycles. The van der Waals surface area contributed by atoms with Crippen LogP contribution in [0.3, 0.4) is 0 Å². The Bertz CT molecular complexity index is 1170. The molecule has 1 heterocycles. The van der Waals surface area contributed by atoms with Gasteiger partial charge >= 0.3 is 6.18 Å². The van der Waals surface area contributed by atoms with Crippen LogP contribution in [-0.2, 0) is 22.9 Å². The Balaban J connectivity index is 1.93. The highest BCUT2D eigenvalue weighted by atomic mass is 19.4. The van der Waals surface area contributed by atoms with Crippen molar-refractivity contribution in [3.63, 3.8) is 0 Å². The van der Waals surface area contributed by atoms with Crippen LogP contribution >= 0.6 is 0 Å². The van der Waals surface area contributed by atoms with Crippen molar-refractivity contribution in [2.45, 2.75) is 37.5 Å². The van der Waals surface area contributed by atoms with Crippen LogP contribution in [0.25, 0.3) is 0 Å². The lowest BCUT2D eigenvalue weighted by atomic mass is 9.88. The van der Waals surface area contributed by atoms with Gasteiger partial charge in [0.1, 0.15) is 17.1 Å². The van der Waals surface area contributed by atoms with Gasteiger partial charge < -0.3 is 10.5 Å². The number of ether oxygens (including phenoxy) is 1. The van der Waals surface area contributed by atoms with Crippen LogP contribution < -0.4 is 15.8 Å². The predicted molar refractivity (Wildman–Crippen MR) is 119 cm³/mol. The first kappa shape index (κ1) is 26.1. The number of rotatable bonds is 9. The van der Waals surface area contributed by atoms with E-state index in [4.69, 9.17) is 10.5 Å². The van der Waals surface area contributed by atoms with Crippen molar-refractivity contribution in [2.24, 2.45) is 5.73 Å². The number of nitrogens with zero attached hydrogens (tertiary/aromatic N) is 1. The van der Waals surface area contributed by atoms with Crippen LogP contribution in [0.4, 0.5) is 22.0 Å². The highest BCUT2D eigenvalue weighted by molar-refractivity contribution is 5.85. The van der Waals surface area contributed by atoms with Gasteiger partial charge in [-0.05, 0) is 66.8 Å². The van der Waals surface area contributed by atoms with Crippen LogP contribution in [0.1, 0.15) is 41.8 Å². The Morgan fingerprint density at radius 2 is 1.77 bits per heavy atom. The number of aromatic nitrogens is 1. The zero-order chi connectivity index (χ0) is 25.8. The van der Waals surface area contributed by atoms with Gasteiger partial charge in [-0.3, -0.25) is 15.1 Å². The molecule has 5 nitrogen and oxygen atoms in total. The van der Waals surface area contributed by atoms with Gasteiger partial charge in [-0.25, -0.2) is 8.78 Å². The lowest BCUT2D eigenvalue weighted by Crippen LogP contribution is -2.51. The van der Waals surface area contributed by atoms with Crippen molar-refractivity contribution in [2.75, 3.05) is 7.11 Å². The summed E-state index contributed by atoms with van der Waals surface area (Å²) < 4.78 is 71.4. The summed E-state index contributed by atoms with van der Waals surface area (Å²) in [6, 6.07) is 11.0. The van der Waals surface area contributed by atoms with Crippen molar-refractivity contribution in [3.8, 4) is 5.75 Å². The molecule has 3 rings (SSSR count). The van der Waals surface area contributed by atoms with Gasteiger partial charge in [0.05, 0.1) is 7.11 Å². The molecule has 1 aromatic heterocycles. The van der Waals surface area contributed by atoms with Gasteiger partial charge in [-0.2, -0.15) is 13.2 Å². The summed E-state index contributed by atoms with van der Waals surface area (Å²) in [5, 5.41) is 3.15. The Morgan fingerprint density at radius 1 is 1.09 bits per heavy atom. The molecule has 186 valence electrons. The second-order valence-corrected chi connectivity index (χ2v) is 8.18. The van der Waals surface area contributed by atoms with Crippen LogP contribution in [0.2, 0.25) is 0 Å². The highest BCUT2D eigenvalue weighted by Gasteiger charge is 2.36. The molecule has 10 heteroatoms. The minimum atomic E-state index is -4.55. The average molecular weight is 493 g/mol. The summed E-state index contributed by atoms with van der Waals surface area (Å²) in [4.78, 5) is 16.0. The Kier molecular flexibility index (Phi) is 7.74. The van der Waals surface area contributed by atoms with E-state index in [-0.39, 0.29) is 18.6 Å². The van der Waals surface area contributed by atoms with E-state index >= 15 is 0 Å². The number of halogens is 5. The normalized spacial score (nSPS) is 14.3. The van der Waals surface area contributed by atoms with Crippen molar-refractivity contribution in [1.29, 1.82) is 0 Å². The maximum atomic E-state index is 14.5. The lowest BCUT2D eigenvalue weighted by Gasteiger charge is -2.33. The van der Waals surface area contributed by atoms with E-state index in [9.17, 15) is 26.7 Å². The molecule has 0 radical (unpaired) electrons. The molecule has 0 spiro atoms. The summed E-state index contributed by atoms with van der Waals surface area (Å²) >= 11 is 0. The van der Waals surface area contributed by atoms with Crippen molar-refractivity contribution >= 4 is 5.91 Å². The molecule has 0 saturated heterocycles. The lowest BCUT2D eigenvalue weighted by molar-refractivity contribution is -0.141. The Hall–Kier alpha value is -3.53. The number of nitrogens with two attached hydrogens (primary N) is 1. The van der Waals surface area contributed by atoms with E-state index in [1.54, 1.807) is 6.07 Å². The number of nitrogens with one attached hydrogen (secondary N) is 1. The SMILES string of the molecule is COc1ccc(C(CCc2ccc(C(F)(F)F)nc2)NC(C)(C(N)=O)c2ccc(F)cc2)cc1F. The number of pyridine rings is 1. The van der Waals surface area contributed by atoms with Gasteiger partial charge in [-0.1, -0.05) is 24.3 Å². The molecule has 2 unspecified atom stereocenters. The standard InChI is InChI=1S/C25H24F5N3O2/c1-24(23(31)34,17-6-8-18(26)9-7-17)33-20(16-5-11-21(35-2)19(27)13-16)10-3-15-4-12-22(32-14-15)25(28,29)30/h4-9,11-14,20,33H,3,10H2,1-2H3,(H2,31,34). The molecule has 2 atom stereocenters. The van der Waals surface area contributed by atoms with Crippen LogP contribution in [0, 0.1) is 11.6 Å². The molecule has 0 fully saturated rings. The number of amides is 1. The monoisotopic (exact) mass is 493 g/mol. The van der Waals surface area contributed by atoms with Gasteiger partial charge in [-0.15, -0.1) is 0 Å². The zero-order valence-corrected chi connectivity index (χ0v) is 19.0. The maximum absolute atomic E-state index is 14.5. The molecule has 35 heavy (non-hydrogen) atoms. The number of carbonyl (C=O) groups excluding carboxylic acids is 1. The van der Waals surface area contributed by atoms with Gasteiger partial charge in [0, 0.05) is 12.2 Å². The first-order valence-corrected chi connectivity index (χ1v) is 10.6. The van der Waals surface area contributed by atoms with Crippen molar-refractivity contribution < 1.29 is 31.5 Å². The molecular formula is C25H24F5N3O2. The molecule has 0 aliphatic carbocycles. The Morgan fingerprint density at radius 3 is 2.29 bits per heavy atom. The minimum Gasteiger partial charge on any atom is -0.494 e. The summed E-state index contributed by atoms with van der Waals surface area (Å²) in [5.41, 5.74) is 4.59. The van der Waals surface area contributed by atoms with Crippen LogP contribution in [0.15, 0.2) is 60.8 Å². The zero-order valence-electron chi connectivity index (χ0n) is 19.0. The molecule has 3 aromatic rings. The molecule has 0 saturated carbocycles. The van der Waals surface area contributed by atoms with Crippen molar-refractivity contribution in [3.05, 3.63) is 94.8 Å². The second kappa shape index (κ2) is 10.4. The molecule has 0 aliphatic rings. The van der Waals surface area contributed by atoms with Crippen LogP contribution in [0.5, 0.6) is 5.75 Å². The number of aryl methyl sites for hydroxylation is 1. The highest BCUT2D eigenvalue weighted by Crippen LogP contribution is 2.31. The molecule has 3 N–H and O–H groups in total. The second-order valence-electron chi connectivity index (χ2n) is 8.18. The number of primary amides is 1. The summed E-state index contributed by atoms with van der Waals surface area (Å²) in [6.07, 6.45) is -2.92.